The van der Waals surface area contributed by atoms with Crippen LogP contribution in [0.5, 0.6) is 0 Å². The summed E-state index contributed by atoms with van der Waals surface area (Å²) in [7, 11) is -1.91. The highest BCUT2D eigenvalue weighted by atomic mass is 28.4. The minimum atomic E-state index is -1.91. The summed E-state index contributed by atoms with van der Waals surface area (Å²) in [6.07, 6.45) is 4.61. The predicted molar refractivity (Wildman–Crippen MR) is 102 cm³/mol. The third-order valence-corrected chi connectivity index (χ3v) is 10.1. The number of aliphatic hydroxyl groups excluding tert-OH is 1. The van der Waals surface area contributed by atoms with Gasteiger partial charge >= 0.3 is 0 Å². The van der Waals surface area contributed by atoms with Crippen LogP contribution in [0, 0.1) is 0 Å². The topological polar surface area (TPSA) is 62.7 Å². The Morgan fingerprint density at radius 2 is 2.12 bits per heavy atom. The summed E-state index contributed by atoms with van der Waals surface area (Å²) in [5.41, 5.74) is 1.29. The molecule has 6 heteroatoms. The Balaban J connectivity index is 2.18. The van der Waals surface area contributed by atoms with E-state index < -0.39 is 8.32 Å². The van der Waals surface area contributed by atoms with Crippen LogP contribution in [-0.4, -0.2) is 48.4 Å². The molecule has 0 aromatic carbocycles. The van der Waals surface area contributed by atoms with Gasteiger partial charge < -0.3 is 14.4 Å². The molecule has 1 aromatic rings. The molecule has 0 saturated carbocycles. The van der Waals surface area contributed by atoms with Crippen molar-refractivity contribution in [2.75, 3.05) is 13.2 Å². The minimum Gasteiger partial charge on any atom is -0.411 e. The number of aliphatic hydroxyl groups is 1. The van der Waals surface area contributed by atoms with Crippen LogP contribution in [-0.2, 0) is 11.0 Å². The molecule has 1 saturated heterocycles. The lowest BCUT2D eigenvalue weighted by molar-refractivity contribution is 0.0499. The molecular formula is C19H32N2O3Si. The molecule has 0 radical (unpaired) electrons. The second kappa shape index (κ2) is 7.97. The molecule has 0 spiro atoms. The Hall–Kier alpha value is -1.24. The lowest BCUT2D eigenvalue weighted by Crippen LogP contribution is -2.46. The van der Waals surface area contributed by atoms with E-state index in [1.54, 1.807) is 17.2 Å². The standard InChI is InChI=1S/C19H32N2O3Si/c1-19(2,3)25(4,5)24-14-17-16(10-8-11-20-17)18(23)21-12-7-6-9-15(21)13-22/h8,10-11,15,22H,6-7,9,12-14H2,1-5H3. The van der Waals surface area contributed by atoms with Crippen molar-refractivity contribution in [2.45, 2.75) is 70.8 Å². The van der Waals surface area contributed by atoms with Gasteiger partial charge in [-0.25, -0.2) is 0 Å². The molecule has 1 N–H and O–H groups in total. The number of hydrogen-bond acceptors (Lipinski definition) is 4. The molecule has 2 rings (SSSR count). The maximum atomic E-state index is 13.0. The van der Waals surface area contributed by atoms with Crippen LogP contribution < -0.4 is 0 Å². The average Bonchev–Trinajstić information content (AvgIpc) is 2.58. The van der Waals surface area contributed by atoms with Crippen molar-refractivity contribution in [1.29, 1.82) is 0 Å². The molecule has 140 valence electrons. The Labute approximate surface area is 152 Å². The molecular weight excluding hydrogens is 332 g/mol. The molecule has 1 aromatic heterocycles. The van der Waals surface area contributed by atoms with E-state index >= 15 is 0 Å². The molecule has 25 heavy (non-hydrogen) atoms. The lowest BCUT2D eigenvalue weighted by atomic mass is 10.0. The maximum absolute atomic E-state index is 13.0. The number of rotatable bonds is 5. The Morgan fingerprint density at radius 1 is 1.40 bits per heavy atom. The van der Waals surface area contributed by atoms with Gasteiger partial charge in [0.2, 0.25) is 0 Å². The van der Waals surface area contributed by atoms with Crippen LogP contribution in [0.15, 0.2) is 18.3 Å². The van der Waals surface area contributed by atoms with Gasteiger partial charge in [-0.05, 0) is 49.5 Å². The number of hydrogen-bond donors (Lipinski definition) is 1. The van der Waals surface area contributed by atoms with E-state index in [1.807, 2.05) is 6.07 Å². The largest absolute Gasteiger partial charge is 0.411 e. The molecule has 2 heterocycles. The van der Waals surface area contributed by atoms with Gasteiger partial charge in [0.1, 0.15) is 0 Å². The first-order valence-electron chi connectivity index (χ1n) is 9.17. The molecule has 1 unspecified atom stereocenters. The Kier molecular flexibility index (Phi) is 6.40. The number of nitrogens with zero attached hydrogens (tertiary/aromatic N) is 2. The van der Waals surface area contributed by atoms with Gasteiger partial charge in [0.25, 0.3) is 5.91 Å². The van der Waals surface area contributed by atoms with Crippen molar-refractivity contribution in [1.82, 2.24) is 9.88 Å². The first kappa shape index (κ1) is 20.1. The summed E-state index contributed by atoms with van der Waals surface area (Å²) in [4.78, 5) is 19.3. The molecule has 1 amide bonds. The summed E-state index contributed by atoms with van der Waals surface area (Å²) in [5.74, 6) is -0.0410. The molecule has 0 aliphatic carbocycles. The van der Waals surface area contributed by atoms with Crippen LogP contribution >= 0.6 is 0 Å². The summed E-state index contributed by atoms with van der Waals surface area (Å²) in [5, 5.41) is 9.71. The number of aromatic nitrogens is 1. The SMILES string of the molecule is CC(C)(C)[Si](C)(C)OCc1ncccc1C(=O)N1CCCCC1CO. The van der Waals surface area contributed by atoms with Crippen molar-refractivity contribution < 1.29 is 14.3 Å². The zero-order valence-electron chi connectivity index (χ0n) is 16.2. The normalized spacial score (nSPS) is 19.1. The second-order valence-electron chi connectivity index (χ2n) is 8.38. The maximum Gasteiger partial charge on any atom is 0.256 e. The average molecular weight is 365 g/mol. The highest BCUT2D eigenvalue weighted by Crippen LogP contribution is 2.37. The Bertz CT molecular complexity index is 599. The van der Waals surface area contributed by atoms with Crippen molar-refractivity contribution in [3.05, 3.63) is 29.6 Å². The van der Waals surface area contributed by atoms with Gasteiger partial charge in [0, 0.05) is 12.7 Å². The molecule has 0 bridgehead atoms. The number of likely N-dealkylation sites (tertiary alicyclic amines) is 1. The van der Waals surface area contributed by atoms with Gasteiger partial charge in [-0.3, -0.25) is 9.78 Å². The second-order valence-corrected chi connectivity index (χ2v) is 13.2. The van der Waals surface area contributed by atoms with Crippen LogP contribution in [0.4, 0.5) is 0 Å². The number of amides is 1. The fraction of sp³-hybridized carbons (Fsp3) is 0.684. The van der Waals surface area contributed by atoms with Gasteiger partial charge in [0.15, 0.2) is 8.32 Å². The van der Waals surface area contributed by atoms with Gasteiger partial charge in [0.05, 0.1) is 30.5 Å². The third-order valence-electron chi connectivity index (χ3n) is 5.60. The van der Waals surface area contributed by atoms with Gasteiger partial charge in [-0.1, -0.05) is 20.8 Å². The van der Waals surface area contributed by atoms with E-state index in [1.165, 1.54) is 0 Å². The quantitative estimate of drug-likeness (QED) is 0.811. The zero-order chi connectivity index (χ0) is 18.7. The summed E-state index contributed by atoms with van der Waals surface area (Å²) >= 11 is 0. The van der Waals surface area contributed by atoms with E-state index in [2.05, 4.69) is 38.8 Å². The van der Waals surface area contributed by atoms with Crippen LogP contribution in [0.1, 0.15) is 56.1 Å². The number of piperidine rings is 1. The summed E-state index contributed by atoms with van der Waals surface area (Å²) in [6, 6.07) is 3.53. The van der Waals surface area contributed by atoms with E-state index in [-0.39, 0.29) is 23.6 Å². The fourth-order valence-electron chi connectivity index (χ4n) is 2.83. The zero-order valence-corrected chi connectivity index (χ0v) is 17.2. The van der Waals surface area contributed by atoms with E-state index in [0.717, 1.165) is 19.3 Å². The highest BCUT2D eigenvalue weighted by molar-refractivity contribution is 6.74. The van der Waals surface area contributed by atoms with Gasteiger partial charge in [-0.2, -0.15) is 0 Å². The molecule has 1 aliphatic rings. The first-order valence-corrected chi connectivity index (χ1v) is 12.1. The van der Waals surface area contributed by atoms with Crippen molar-refractivity contribution in [3.8, 4) is 0 Å². The molecule has 1 aliphatic heterocycles. The number of carbonyl (C=O) groups is 1. The monoisotopic (exact) mass is 364 g/mol. The molecule has 1 atom stereocenters. The van der Waals surface area contributed by atoms with Crippen molar-refractivity contribution in [2.24, 2.45) is 0 Å². The number of carbonyl (C=O) groups excluding carboxylic acids is 1. The summed E-state index contributed by atoms with van der Waals surface area (Å²) in [6.45, 7) is 12.1. The first-order chi connectivity index (χ1) is 11.7. The van der Waals surface area contributed by atoms with Crippen molar-refractivity contribution >= 4 is 14.2 Å². The molecule has 5 nitrogen and oxygen atoms in total. The predicted octanol–water partition coefficient (Wildman–Crippen LogP) is 3.59. The minimum absolute atomic E-state index is 0.0157. The lowest BCUT2D eigenvalue weighted by Gasteiger charge is -2.37. The van der Waals surface area contributed by atoms with Crippen LogP contribution in [0.2, 0.25) is 18.1 Å². The van der Waals surface area contributed by atoms with E-state index in [9.17, 15) is 9.90 Å². The fourth-order valence-corrected chi connectivity index (χ4v) is 3.76. The highest BCUT2D eigenvalue weighted by Gasteiger charge is 2.37. The summed E-state index contributed by atoms with van der Waals surface area (Å²) < 4.78 is 6.27. The van der Waals surface area contributed by atoms with Gasteiger partial charge in [-0.15, -0.1) is 0 Å². The van der Waals surface area contributed by atoms with Crippen LogP contribution in [0.25, 0.3) is 0 Å². The van der Waals surface area contributed by atoms with Crippen LogP contribution in [0.3, 0.4) is 0 Å². The third kappa shape index (κ3) is 4.68. The van der Waals surface area contributed by atoms with Crippen molar-refractivity contribution in [3.63, 3.8) is 0 Å². The molecule has 1 fully saturated rings. The van der Waals surface area contributed by atoms with E-state index in [4.69, 9.17) is 4.43 Å². The van der Waals surface area contributed by atoms with E-state index in [0.29, 0.717) is 24.4 Å². The Morgan fingerprint density at radius 3 is 2.76 bits per heavy atom. The smallest absolute Gasteiger partial charge is 0.256 e. The number of pyridine rings is 1.